The summed E-state index contributed by atoms with van der Waals surface area (Å²) in [4.78, 5) is 20.6. The molecule has 112 valence electrons. The summed E-state index contributed by atoms with van der Waals surface area (Å²) in [5, 5.41) is 12.8. The van der Waals surface area contributed by atoms with E-state index in [-0.39, 0.29) is 18.1 Å². The summed E-state index contributed by atoms with van der Waals surface area (Å²) in [5.74, 6) is -0.355. The number of amides is 1. The van der Waals surface area contributed by atoms with Crippen LogP contribution >= 0.6 is 0 Å². The van der Waals surface area contributed by atoms with Crippen LogP contribution in [0.1, 0.15) is 22.3 Å². The molecule has 2 heterocycles. The molecule has 2 N–H and O–H groups in total. The number of nitrogens with one attached hydrogen (secondary N) is 1. The molecule has 3 rings (SSSR count). The number of aliphatic hydroxyl groups is 1. The maximum Gasteiger partial charge on any atom is 0.271 e. The summed E-state index contributed by atoms with van der Waals surface area (Å²) in [6, 6.07) is 11.0. The van der Waals surface area contributed by atoms with Gasteiger partial charge in [-0.1, -0.05) is 12.1 Å². The Morgan fingerprint density at radius 2 is 2.05 bits per heavy atom. The summed E-state index contributed by atoms with van der Waals surface area (Å²) in [6.07, 6.45) is 2.51. The van der Waals surface area contributed by atoms with Crippen LogP contribution in [0.15, 0.2) is 48.8 Å². The van der Waals surface area contributed by atoms with Gasteiger partial charge in [-0.05, 0) is 24.3 Å². The molecule has 0 aliphatic heterocycles. The average Bonchev–Trinajstić information content (AvgIpc) is 2.98. The molecule has 3 aromatic rings. The third-order valence-corrected chi connectivity index (χ3v) is 3.46. The van der Waals surface area contributed by atoms with E-state index >= 15 is 0 Å². The van der Waals surface area contributed by atoms with E-state index < -0.39 is 6.10 Å². The topological polar surface area (TPSA) is 80.0 Å². The van der Waals surface area contributed by atoms with E-state index in [0.29, 0.717) is 5.52 Å². The maximum atomic E-state index is 12.1. The van der Waals surface area contributed by atoms with Crippen molar-refractivity contribution in [2.24, 2.45) is 7.05 Å². The Morgan fingerprint density at radius 3 is 2.77 bits per heavy atom. The molecule has 6 heteroatoms. The lowest BCUT2D eigenvalue weighted by atomic mass is 10.2. The van der Waals surface area contributed by atoms with E-state index in [0.717, 1.165) is 11.2 Å². The van der Waals surface area contributed by atoms with Gasteiger partial charge in [-0.2, -0.15) is 0 Å². The molecule has 22 heavy (non-hydrogen) atoms. The first-order valence-corrected chi connectivity index (χ1v) is 6.94. The zero-order valence-electron chi connectivity index (χ0n) is 12.1. The predicted octanol–water partition coefficient (Wildman–Crippen LogP) is 1.43. The molecule has 0 aliphatic rings. The molecule has 0 saturated heterocycles. The van der Waals surface area contributed by atoms with Crippen LogP contribution in [-0.2, 0) is 7.05 Å². The molecule has 6 nitrogen and oxygen atoms in total. The number of fused-ring (bicyclic) bond motifs is 1. The fourth-order valence-corrected chi connectivity index (χ4v) is 2.27. The highest BCUT2D eigenvalue weighted by Crippen LogP contribution is 2.12. The molecule has 0 spiro atoms. The third kappa shape index (κ3) is 2.82. The molecular formula is C16H16N4O2. The van der Waals surface area contributed by atoms with Gasteiger partial charge in [-0.3, -0.25) is 9.78 Å². The van der Waals surface area contributed by atoms with Crippen LogP contribution in [0.5, 0.6) is 0 Å². The highest BCUT2D eigenvalue weighted by Gasteiger charge is 2.14. The van der Waals surface area contributed by atoms with Crippen molar-refractivity contribution in [1.82, 2.24) is 19.9 Å². The molecule has 1 atom stereocenters. The SMILES string of the molecule is Cn1cccc1C(O)CNC(=O)c1cnc2ccccc2n1. The van der Waals surface area contributed by atoms with Crippen LogP contribution in [0.2, 0.25) is 0 Å². The molecule has 0 saturated carbocycles. The Balaban J connectivity index is 1.69. The summed E-state index contributed by atoms with van der Waals surface area (Å²) in [5.41, 5.74) is 2.38. The van der Waals surface area contributed by atoms with E-state index in [2.05, 4.69) is 15.3 Å². The number of carbonyl (C=O) groups is 1. The molecule has 0 aliphatic carbocycles. The van der Waals surface area contributed by atoms with Gasteiger partial charge in [0, 0.05) is 25.5 Å². The van der Waals surface area contributed by atoms with Crippen molar-refractivity contribution in [1.29, 1.82) is 0 Å². The summed E-state index contributed by atoms with van der Waals surface area (Å²) in [7, 11) is 1.84. The molecule has 0 radical (unpaired) electrons. The normalized spacial score (nSPS) is 12.3. The minimum absolute atomic E-state index is 0.116. The Kier molecular flexibility index (Phi) is 3.84. The van der Waals surface area contributed by atoms with Crippen molar-refractivity contribution in [3.8, 4) is 0 Å². The van der Waals surface area contributed by atoms with E-state index in [9.17, 15) is 9.90 Å². The number of aromatic nitrogens is 3. The number of benzene rings is 1. The van der Waals surface area contributed by atoms with E-state index in [1.165, 1.54) is 6.20 Å². The highest BCUT2D eigenvalue weighted by atomic mass is 16.3. The zero-order chi connectivity index (χ0) is 15.5. The second kappa shape index (κ2) is 5.95. The van der Waals surface area contributed by atoms with Crippen LogP contribution in [-0.4, -0.2) is 32.1 Å². The molecule has 1 amide bonds. The van der Waals surface area contributed by atoms with Crippen molar-refractivity contribution in [2.75, 3.05) is 6.54 Å². The quantitative estimate of drug-likeness (QED) is 0.763. The first-order valence-electron chi connectivity index (χ1n) is 6.94. The lowest BCUT2D eigenvalue weighted by molar-refractivity contribution is 0.0907. The first-order chi connectivity index (χ1) is 10.6. The number of rotatable bonds is 4. The maximum absolute atomic E-state index is 12.1. The van der Waals surface area contributed by atoms with E-state index in [4.69, 9.17) is 0 Å². The van der Waals surface area contributed by atoms with Crippen molar-refractivity contribution < 1.29 is 9.90 Å². The second-order valence-electron chi connectivity index (χ2n) is 5.01. The fourth-order valence-electron chi connectivity index (χ4n) is 2.27. The highest BCUT2D eigenvalue weighted by molar-refractivity contribution is 5.93. The number of carbonyl (C=O) groups excluding carboxylic acids is 1. The molecule has 1 unspecified atom stereocenters. The smallest absolute Gasteiger partial charge is 0.271 e. The first kappa shape index (κ1) is 14.2. The van der Waals surface area contributed by atoms with Crippen molar-refractivity contribution >= 4 is 16.9 Å². The molecule has 2 aromatic heterocycles. The van der Waals surface area contributed by atoms with Crippen LogP contribution in [0.25, 0.3) is 11.0 Å². The minimum atomic E-state index is -0.766. The van der Waals surface area contributed by atoms with Gasteiger partial charge >= 0.3 is 0 Å². The number of hydrogen-bond donors (Lipinski definition) is 2. The number of aliphatic hydroxyl groups excluding tert-OH is 1. The van der Waals surface area contributed by atoms with Crippen LogP contribution < -0.4 is 5.32 Å². The van der Waals surface area contributed by atoms with Gasteiger partial charge in [0.2, 0.25) is 0 Å². The molecule has 0 fully saturated rings. The van der Waals surface area contributed by atoms with Gasteiger partial charge in [0.1, 0.15) is 11.8 Å². The van der Waals surface area contributed by atoms with E-state index in [1.54, 1.807) is 6.07 Å². The summed E-state index contributed by atoms with van der Waals surface area (Å²) >= 11 is 0. The third-order valence-electron chi connectivity index (χ3n) is 3.46. The molecule has 1 aromatic carbocycles. The second-order valence-corrected chi connectivity index (χ2v) is 5.01. The lowest BCUT2D eigenvalue weighted by Gasteiger charge is -2.13. The Labute approximate surface area is 127 Å². The fraction of sp³-hybridized carbons (Fsp3) is 0.188. The monoisotopic (exact) mass is 296 g/mol. The number of hydrogen-bond acceptors (Lipinski definition) is 4. The van der Waals surface area contributed by atoms with Gasteiger partial charge in [-0.25, -0.2) is 4.98 Å². The van der Waals surface area contributed by atoms with Crippen molar-refractivity contribution in [2.45, 2.75) is 6.10 Å². The van der Waals surface area contributed by atoms with Gasteiger partial charge < -0.3 is 15.0 Å². The van der Waals surface area contributed by atoms with Gasteiger partial charge in [0.15, 0.2) is 0 Å². The minimum Gasteiger partial charge on any atom is -0.385 e. The standard InChI is InChI=1S/C16H16N4O2/c1-20-8-4-7-14(20)15(21)10-18-16(22)13-9-17-11-5-2-3-6-12(11)19-13/h2-9,15,21H,10H2,1H3,(H,18,22). The van der Waals surface area contributed by atoms with Crippen molar-refractivity contribution in [3.63, 3.8) is 0 Å². The van der Waals surface area contributed by atoms with Gasteiger partial charge in [-0.15, -0.1) is 0 Å². The van der Waals surface area contributed by atoms with Crippen LogP contribution in [0.4, 0.5) is 0 Å². The Hall–Kier alpha value is -2.73. The molecule has 0 bridgehead atoms. The van der Waals surface area contributed by atoms with Crippen LogP contribution in [0, 0.1) is 0 Å². The Bertz CT molecular complexity index is 813. The van der Waals surface area contributed by atoms with Crippen molar-refractivity contribution in [3.05, 3.63) is 60.2 Å². The number of para-hydroxylation sites is 2. The Morgan fingerprint density at radius 1 is 1.27 bits per heavy atom. The predicted molar refractivity (Wildman–Crippen MR) is 82.2 cm³/mol. The largest absolute Gasteiger partial charge is 0.385 e. The number of nitrogens with zero attached hydrogens (tertiary/aromatic N) is 3. The number of aryl methyl sites for hydroxylation is 1. The van der Waals surface area contributed by atoms with Gasteiger partial charge in [0.05, 0.1) is 17.2 Å². The summed E-state index contributed by atoms with van der Waals surface area (Å²) < 4.78 is 1.81. The van der Waals surface area contributed by atoms with Crippen LogP contribution in [0.3, 0.4) is 0 Å². The average molecular weight is 296 g/mol. The van der Waals surface area contributed by atoms with Gasteiger partial charge in [0.25, 0.3) is 5.91 Å². The zero-order valence-corrected chi connectivity index (χ0v) is 12.1. The lowest BCUT2D eigenvalue weighted by Crippen LogP contribution is -2.29. The summed E-state index contributed by atoms with van der Waals surface area (Å²) in [6.45, 7) is 0.116. The molecular weight excluding hydrogens is 280 g/mol. The van der Waals surface area contributed by atoms with E-state index in [1.807, 2.05) is 48.1 Å².